The number of esters is 1. The van der Waals surface area contributed by atoms with E-state index in [0.717, 1.165) is 48.9 Å². The molecule has 4 nitrogen and oxygen atoms in total. The number of allylic oxidation sites excluding steroid dienone is 1. The van der Waals surface area contributed by atoms with Crippen LogP contribution >= 0.6 is 0 Å². The number of fused-ring (bicyclic) bond motifs is 5. The summed E-state index contributed by atoms with van der Waals surface area (Å²) < 4.78 is 5.86. The van der Waals surface area contributed by atoms with Crippen molar-refractivity contribution in [1.82, 2.24) is 0 Å². The van der Waals surface area contributed by atoms with Crippen LogP contribution < -0.4 is 0 Å². The number of carboxylic acids is 1. The number of carbonyl (C=O) groups excluding carboxylic acids is 1. The van der Waals surface area contributed by atoms with Crippen molar-refractivity contribution in [2.75, 3.05) is 0 Å². The van der Waals surface area contributed by atoms with Crippen molar-refractivity contribution in [3.8, 4) is 0 Å². The molecular weight excluding hydrogens is 448 g/mol. The highest BCUT2D eigenvalue weighted by atomic mass is 16.5. The molecule has 0 aliphatic heterocycles. The molecule has 0 radical (unpaired) electrons. The standard InChI is InChI=1S/C32H52O4/c1-22(2)9-5-6-10-23-14-16-27-26-15-13-24-21-25(36-30(35)12-8-7-11-29(33)34)17-19-32(24,4)28(26)18-20-31(23,27)3/h13,22-23,25-28H,5-12,14-21H2,1-4H3,(H,33,34). The van der Waals surface area contributed by atoms with E-state index >= 15 is 0 Å². The van der Waals surface area contributed by atoms with E-state index in [1.54, 1.807) is 5.57 Å². The van der Waals surface area contributed by atoms with Gasteiger partial charge in [0.1, 0.15) is 6.10 Å². The first-order valence-electron chi connectivity index (χ1n) is 15.2. The lowest BCUT2D eigenvalue weighted by atomic mass is 9.47. The fraction of sp³-hybridized carbons (Fsp3) is 0.875. The monoisotopic (exact) mass is 500 g/mol. The number of rotatable bonds is 11. The van der Waals surface area contributed by atoms with Crippen LogP contribution in [0.5, 0.6) is 0 Å². The van der Waals surface area contributed by atoms with Crippen LogP contribution in [0.15, 0.2) is 11.6 Å². The number of aliphatic carboxylic acids is 1. The SMILES string of the molecule is CC(C)CCCCC1CCC2C3CC=C4CC(OC(=O)CCCCC(=O)O)CCC4(C)C3CCC12C. The molecule has 7 atom stereocenters. The minimum atomic E-state index is -0.796. The predicted molar refractivity (Wildman–Crippen MR) is 144 cm³/mol. The van der Waals surface area contributed by atoms with E-state index in [1.807, 2.05) is 0 Å². The van der Waals surface area contributed by atoms with E-state index in [-0.39, 0.29) is 23.9 Å². The van der Waals surface area contributed by atoms with Crippen LogP contribution in [0.4, 0.5) is 0 Å². The Morgan fingerprint density at radius 1 is 1.00 bits per heavy atom. The molecule has 0 spiro atoms. The lowest BCUT2D eigenvalue weighted by molar-refractivity contribution is -0.152. The number of hydrogen-bond donors (Lipinski definition) is 1. The fourth-order valence-corrected chi connectivity index (χ4v) is 9.04. The minimum absolute atomic E-state index is 0.00315. The number of carboxylic acid groups (broad SMARTS) is 1. The summed E-state index contributed by atoms with van der Waals surface area (Å²) in [7, 11) is 0. The minimum Gasteiger partial charge on any atom is -0.481 e. The average Bonchev–Trinajstić information content (AvgIpc) is 3.16. The van der Waals surface area contributed by atoms with E-state index < -0.39 is 5.97 Å². The molecule has 0 aromatic heterocycles. The average molecular weight is 501 g/mol. The Hall–Kier alpha value is -1.32. The molecule has 0 aromatic carbocycles. The van der Waals surface area contributed by atoms with Gasteiger partial charge in [-0.2, -0.15) is 0 Å². The van der Waals surface area contributed by atoms with Gasteiger partial charge in [0.15, 0.2) is 0 Å². The molecule has 36 heavy (non-hydrogen) atoms. The third kappa shape index (κ3) is 5.88. The predicted octanol–water partition coefficient (Wildman–Crippen LogP) is 8.34. The summed E-state index contributed by atoms with van der Waals surface area (Å²) in [6.45, 7) is 9.88. The lowest BCUT2D eigenvalue weighted by Crippen LogP contribution is -2.50. The molecule has 204 valence electrons. The maximum atomic E-state index is 12.4. The molecule has 4 rings (SSSR count). The Morgan fingerprint density at radius 3 is 2.53 bits per heavy atom. The van der Waals surface area contributed by atoms with E-state index in [0.29, 0.717) is 24.7 Å². The van der Waals surface area contributed by atoms with Gasteiger partial charge in [-0.15, -0.1) is 0 Å². The highest BCUT2D eigenvalue weighted by molar-refractivity contribution is 5.70. The van der Waals surface area contributed by atoms with Crippen LogP contribution in [0.3, 0.4) is 0 Å². The van der Waals surface area contributed by atoms with Crippen molar-refractivity contribution in [1.29, 1.82) is 0 Å². The van der Waals surface area contributed by atoms with Crippen molar-refractivity contribution >= 4 is 11.9 Å². The largest absolute Gasteiger partial charge is 0.481 e. The Kier molecular flexibility index (Phi) is 8.93. The van der Waals surface area contributed by atoms with Crippen LogP contribution in [0.25, 0.3) is 0 Å². The number of hydrogen-bond acceptors (Lipinski definition) is 3. The second-order valence-electron chi connectivity index (χ2n) is 13.7. The highest BCUT2D eigenvalue weighted by Gasteiger charge is 2.58. The van der Waals surface area contributed by atoms with Gasteiger partial charge in [0, 0.05) is 19.3 Å². The Labute approximate surface area is 220 Å². The topological polar surface area (TPSA) is 63.6 Å². The summed E-state index contributed by atoms with van der Waals surface area (Å²) in [5, 5.41) is 8.77. The zero-order valence-corrected chi connectivity index (χ0v) is 23.5. The quantitative estimate of drug-likeness (QED) is 0.176. The van der Waals surface area contributed by atoms with Gasteiger partial charge in [-0.25, -0.2) is 0 Å². The van der Waals surface area contributed by atoms with Crippen LogP contribution in [0.1, 0.15) is 130 Å². The van der Waals surface area contributed by atoms with Gasteiger partial charge in [0.2, 0.25) is 0 Å². The Morgan fingerprint density at radius 2 is 1.78 bits per heavy atom. The van der Waals surface area contributed by atoms with Crippen molar-refractivity contribution in [3.63, 3.8) is 0 Å². The molecule has 4 aliphatic carbocycles. The molecule has 4 heteroatoms. The zero-order valence-electron chi connectivity index (χ0n) is 23.5. The van der Waals surface area contributed by atoms with Crippen LogP contribution in [-0.2, 0) is 14.3 Å². The zero-order chi connectivity index (χ0) is 25.9. The highest BCUT2D eigenvalue weighted by Crippen LogP contribution is 2.66. The van der Waals surface area contributed by atoms with Crippen molar-refractivity contribution < 1.29 is 19.4 Å². The third-order valence-corrected chi connectivity index (χ3v) is 11.2. The van der Waals surface area contributed by atoms with Crippen molar-refractivity contribution in [2.45, 2.75) is 137 Å². The summed E-state index contributed by atoms with van der Waals surface area (Å²) in [4.78, 5) is 23.0. The summed E-state index contributed by atoms with van der Waals surface area (Å²) in [5.74, 6) is 3.34. The van der Waals surface area contributed by atoms with Crippen molar-refractivity contribution in [2.24, 2.45) is 40.4 Å². The fourth-order valence-electron chi connectivity index (χ4n) is 9.04. The number of ether oxygens (including phenoxy) is 1. The van der Waals surface area contributed by atoms with Gasteiger partial charge in [-0.3, -0.25) is 9.59 Å². The molecule has 0 saturated heterocycles. The van der Waals surface area contributed by atoms with E-state index in [1.165, 1.54) is 57.8 Å². The molecule has 0 heterocycles. The first-order chi connectivity index (χ1) is 17.1. The maximum Gasteiger partial charge on any atom is 0.306 e. The second kappa shape index (κ2) is 11.6. The van der Waals surface area contributed by atoms with Gasteiger partial charge in [-0.1, -0.05) is 58.6 Å². The molecule has 0 bridgehead atoms. The number of unbranched alkanes of at least 4 members (excludes halogenated alkanes) is 2. The second-order valence-corrected chi connectivity index (χ2v) is 13.7. The molecule has 1 N–H and O–H groups in total. The molecule has 7 unspecified atom stereocenters. The molecule has 3 saturated carbocycles. The molecule has 0 aromatic rings. The van der Waals surface area contributed by atoms with Crippen molar-refractivity contribution in [3.05, 3.63) is 11.6 Å². The van der Waals surface area contributed by atoms with E-state index in [4.69, 9.17) is 9.84 Å². The normalized spacial score (nSPS) is 37.6. The Bertz CT molecular complexity index is 815. The maximum absolute atomic E-state index is 12.4. The molecule has 4 aliphatic rings. The lowest BCUT2D eigenvalue weighted by Gasteiger charge is -2.58. The first-order valence-corrected chi connectivity index (χ1v) is 15.2. The molecular formula is C32H52O4. The Balaban J connectivity index is 1.32. The van der Waals surface area contributed by atoms with Crippen LogP contribution in [0.2, 0.25) is 0 Å². The summed E-state index contributed by atoms with van der Waals surface area (Å²) >= 11 is 0. The first kappa shape index (κ1) is 27.7. The smallest absolute Gasteiger partial charge is 0.306 e. The van der Waals surface area contributed by atoms with Gasteiger partial charge < -0.3 is 9.84 Å². The van der Waals surface area contributed by atoms with Gasteiger partial charge in [-0.05, 0) is 105 Å². The van der Waals surface area contributed by atoms with Gasteiger partial charge in [0.05, 0.1) is 0 Å². The van der Waals surface area contributed by atoms with E-state index in [2.05, 4.69) is 33.8 Å². The summed E-state index contributed by atoms with van der Waals surface area (Å²) in [5.41, 5.74) is 2.39. The molecule has 3 fully saturated rings. The van der Waals surface area contributed by atoms with Crippen LogP contribution in [-0.4, -0.2) is 23.1 Å². The van der Waals surface area contributed by atoms with E-state index in [9.17, 15) is 9.59 Å². The van der Waals surface area contributed by atoms with Gasteiger partial charge in [0.25, 0.3) is 0 Å². The molecule has 0 amide bonds. The summed E-state index contributed by atoms with van der Waals surface area (Å²) in [6.07, 6.45) is 19.7. The van der Waals surface area contributed by atoms with Gasteiger partial charge >= 0.3 is 11.9 Å². The third-order valence-electron chi connectivity index (χ3n) is 11.2. The van der Waals surface area contributed by atoms with Crippen LogP contribution in [0, 0.1) is 40.4 Å². The summed E-state index contributed by atoms with van der Waals surface area (Å²) in [6, 6.07) is 0. The number of carbonyl (C=O) groups is 2.